The zero-order valence-electron chi connectivity index (χ0n) is 19.7. The van der Waals surface area contributed by atoms with Crippen molar-refractivity contribution in [2.45, 2.75) is 44.1 Å². The van der Waals surface area contributed by atoms with Gasteiger partial charge in [0, 0.05) is 12.1 Å². The molecule has 1 aliphatic rings. The van der Waals surface area contributed by atoms with Gasteiger partial charge in [-0.05, 0) is 60.9 Å². The molecule has 0 aliphatic carbocycles. The van der Waals surface area contributed by atoms with Crippen molar-refractivity contribution >= 4 is 11.8 Å². The molecule has 0 unspecified atom stereocenters. The van der Waals surface area contributed by atoms with Crippen LogP contribution in [0.1, 0.15) is 35.2 Å². The van der Waals surface area contributed by atoms with E-state index in [1.165, 1.54) is 18.2 Å². The van der Waals surface area contributed by atoms with Crippen LogP contribution in [0.2, 0.25) is 0 Å². The molecule has 0 radical (unpaired) electrons. The maximum atomic E-state index is 13.4. The summed E-state index contributed by atoms with van der Waals surface area (Å²) in [5.41, 5.74) is 1.13. The first-order chi connectivity index (χ1) is 17.5. The van der Waals surface area contributed by atoms with Crippen LogP contribution in [-0.2, 0) is 16.1 Å². The van der Waals surface area contributed by atoms with Crippen molar-refractivity contribution in [2.24, 2.45) is 0 Å². The van der Waals surface area contributed by atoms with Crippen LogP contribution in [0.25, 0.3) is 0 Å². The van der Waals surface area contributed by atoms with Gasteiger partial charge in [0.25, 0.3) is 5.91 Å². The van der Waals surface area contributed by atoms with Gasteiger partial charge in [-0.1, -0.05) is 36.4 Å². The van der Waals surface area contributed by atoms with Crippen molar-refractivity contribution in [3.8, 4) is 11.5 Å². The molecule has 0 saturated carbocycles. The number of amides is 2. The summed E-state index contributed by atoms with van der Waals surface area (Å²) in [7, 11) is 0. The standard InChI is InChI=1S/C28H29FN2O5/c29-21-6-4-5-20(15-21)28(34)31-25-14-13-24(36-26(25)18-32)16-27(33)30-17-19-9-11-23(12-10-19)35-22-7-2-1-3-8-22/h1-12,15,24-26,32H,13-14,16-18H2,(H,30,33)(H,31,34)/t24-,25+,26+/m0/s1. The second-order valence-corrected chi connectivity index (χ2v) is 8.69. The lowest BCUT2D eigenvalue weighted by molar-refractivity contribution is -0.131. The summed E-state index contributed by atoms with van der Waals surface area (Å²) in [5.74, 6) is 0.370. The van der Waals surface area contributed by atoms with E-state index in [9.17, 15) is 19.1 Å². The number of hydrogen-bond acceptors (Lipinski definition) is 5. The third-order valence-corrected chi connectivity index (χ3v) is 6.00. The fourth-order valence-electron chi connectivity index (χ4n) is 4.11. The number of hydrogen-bond donors (Lipinski definition) is 3. The summed E-state index contributed by atoms with van der Waals surface area (Å²) in [4.78, 5) is 24.9. The molecule has 3 atom stereocenters. The van der Waals surface area contributed by atoms with Gasteiger partial charge in [-0.25, -0.2) is 4.39 Å². The Bertz CT molecular complexity index is 1160. The Balaban J connectivity index is 1.22. The normalized spacial score (nSPS) is 19.3. The molecule has 3 aromatic carbocycles. The molecule has 0 bridgehead atoms. The highest BCUT2D eigenvalue weighted by atomic mass is 19.1. The Morgan fingerprint density at radius 3 is 2.44 bits per heavy atom. The topological polar surface area (TPSA) is 96.9 Å². The van der Waals surface area contributed by atoms with E-state index in [1.54, 1.807) is 0 Å². The van der Waals surface area contributed by atoms with Gasteiger partial charge in [-0.3, -0.25) is 9.59 Å². The number of halogens is 1. The number of carbonyl (C=O) groups excluding carboxylic acids is 2. The van der Waals surface area contributed by atoms with Crippen LogP contribution in [0.3, 0.4) is 0 Å². The van der Waals surface area contributed by atoms with Crippen molar-refractivity contribution < 1.29 is 28.6 Å². The fourth-order valence-corrected chi connectivity index (χ4v) is 4.11. The number of aliphatic hydroxyl groups is 1. The van der Waals surface area contributed by atoms with E-state index in [0.29, 0.717) is 25.1 Å². The fraction of sp³-hybridized carbons (Fsp3) is 0.286. The number of ether oxygens (including phenoxy) is 2. The second-order valence-electron chi connectivity index (χ2n) is 8.69. The molecule has 0 aromatic heterocycles. The average Bonchev–Trinajstić information content (AvgIpc) is 2.89. The first-order valence-corrected chi connectivity index (χ1v) is 11.9. The van der Waals surface area contributed by atoms with Crippen molar-refractivity contribution in [3.63, 3.8) is 0 Å². The summed E-state index contributed by atoms with van der Waals surface area (Å²) < 4.78 is 25.1. The summed E-state index contributed by atoms with van der Waals surface area (Å²) in [6.45, 7) is 0.0660. The molecule has 3 N–H and O–H groups in total. The summed E-state index contributed by atoms with van der Waals surface area (Å²) in [6.07, 6.45) is 0.213. The minimum Gasteiger partial charge on any atom is -0.457 e. The Kier molecular flexibility index (Phi) is 8.65. The minimum atomic E-state index is -0.647. The van der Waals surface area contributed by atoms with Crippen molar-refractivity contribution in [1.29, 1.82) is 0 Å². The third kappa shape index (κ3) is 7.13. The molecular formula is C28H29FN2O5. The molecule has 1 aliphatic heterocycles. The lowest BCUT2D eigenvalue weighted by Gasteiger charge is -2.36. The number of para-hydroxylation sites is 1. The van der Waals surface area contributed by atoms with Gasteiger partial charge in [0.05, 0.1) is 25.2 Å². The Morgan fingerprint density at radius 2 is 1.72 bits per heavy atom. The minimum absolute atomic E-state index is 0.149. The number of benzene rings is 3. The molecule has 4 rings (SSSR count). The molecule has 8 heteroatoms. The first-order valence-electron chi connectivity index (χ1n) is 11.9. The lowest BCUT2D eigenvalue weighted by atomic mass is 9.96. The largest absolute Gasteiger partial charge is 0.457 e. The van der Waals surface area contributed by atoms with E-state index in [-0.39, 0.29) is 30.6 Å². The van der Waals surface area contributed by atoms with Crippen LogP contribution in [0.15, 0.2) is 78.9 Å². The number of nitrogens with one attached hydrogen (secondary N) is 2. The molecule has 2 amide bonds. The molecule has 7 nitrogen and oxygen atoms in total. The summed E-state index contributed by atoms with van der Waals surface area (Å²) in [6, 6.07) is 22.0. The van der Waals surface area contributed by atoms with Crippen molar-refractivity contribution in [2.75, 3.05) is 6.61 Å². The zero-order valence-corrected chi connectivity index (χ0v) is 19.7. The van der Waals surface area contributed by atoms with Crippen LogP contribution in [0, 0.1) is 5.82 Å². The summed E-state index contributed by atoms with van der Waals surface area (Å²) >= 11 is 0. The highest BCUT2D eigenvalue weighted by molar-refractivity contribution is 5.94. The highest BCUT2D eigenvalue weighted by Crippen LogP contribution is 2.23. The number of rotatable bonds is 9. The van der Waals surface area contributed by atoms with E-state index >= 15 is 0 Å². The molecule has 1 saturated heterocycles. The zero-order chi connectivity index (χ0) is 25.3. The molecule has 36 heavy (non-hydrogen) atoms. The van der Waals surface area contributed by atoms with Gasteiger partial charge < -0.3 is 25.2 Å². The number of carbonyl (C=O) groups is 2. The molecule has 1 fully saturated rings. The van der Waals surface area contributed by atoms with E-state index in [0.717, 1.165) is 17.4 Å². The van der Waals surface area contributed by atoms with Gasteiger partial charge in [0.2, 0.25) is 5.91 Å². The number of aliphatic hydroxyl groups excluding tert-OH is 1. The Morgan fingerprint density at radius 1 is 0.972 bits per heavy atom. The van der Waals surface area contributed by atoms with Gasteiger partial charge in [-0.2, -0.15) is 0 Å². The molecule has 0 spiro atoms. The SMILES string of the molecule is O=C(C[C@@H]1CC[C@@H](NC(=O)c2cccc(F)c2)[C@@H](CO)O1)NCc1ccc(Oc2ccccc2)cc1. The van der Waals surface area contributed by atoms with Crippen molar-refractivity contribution in [3.05, 3.63) is 95.8 Å². The lowest BCUT2D eigenvalue weighted by Crippen LogP contribution is -2.51. The van der Waals surface area contributed by atoms with Gasteiger partial charge in [0.1, 0.15) is 23.4 Å². The Hall–Kier alpha value is -3.75. The van der Waals surface area contributed by atoms with Crippen LogP contribution >= 0.6 is 0 Å². The maximum Gasteiger partial charge on any atom is 0.251 e. The summed E-state index contributed by atoms with van der Waals surface area (Å²) in [5, 5.41) is 15.5. The second kappa shape index (κ2) is 12.3. The van der Waals surface area contributed by atoms with Crippen LogP contribution in [0.4, 0.5) is 4.39 Å². The first kappa shape index (κ1) is 25.3. The van der Waals surface area contributed by atoms with E-state index in [2.05, 4.69) is 10.6 Å². The highest BCUT2D eigenvalue weighted by Gasteiger charge is 2.33. The maximum absolute atomic E-state index is 13.4. The van der Waals surface area contributed by atoms with Gasteiger partial charge in [0.15, 0.2) is 0 Å². The average molecular weight is 493 g/mol. The predicted octanol–water partition coefficient (Wildman–Crippen LogP) is 3.96. The van der Waals surface area contributed by atoms with Crippen LogP contribution < -0.4 is 15.4 Å². The smallest absolute Gasteiger partial charge is 0.251 e. The van der Waals surface area contributed by atoms with Crippen LogP contribution in [0.5, 0.6) is 11.5 Å². The molecule has 1 heterocycles. The quantitative estimate of drug-likeness (QED) is 0.420. The van der Waals surface area contributed by atoms with Crippen LogP contribution in [-0.4, -0.2) is 41.8 Å². The van der Waals surface area contributed by atoms with Crippen molar-refractivity contribution in [1.82, 2.24) is 10.6 Å². The van der Waals surface area contributed by atoms with E-state index in [4.69, 9.17) is 9.47 Å². The van der Waals surface area contributed by atoms with E-state index < -0.39 is 23.9 Å². The van der Waals surface area contributed by atoms with Gasteiger partial charge >= 0.3 is 0 Å². The predicted molar refractivity (Wildman–Crippen MR) is 132 cm³/mol. The Labute approximate surface area is 209 Å². The van der Waals surface area contributed by atoms with E-state index in [1.807, 2.05) is 54.6 Å². The molecular weight excluding hydrogens is 463 g/mol. The third-order valence-electron chi connectivity index (χ3n) is 6.00. The monoisotopic (exact) mass is 492 g/mol. The molecule has 188 valence electrons. The van der Waals surface area contributed by atoms with Gasteiger partial charge in [-0.15, -0.1) is 0 Å². The molecule has 3 aromatic rings.